The van der Waals surface area contributed by atoms with Crippen LogP contribution in [0, 0.1) is 0 Å². The van der Waals surface area contributed by atoms with Gasteiger partial charge in [0.2, 0.25) is 0 Å². The largest absolute Gasteiger partial charge is 0.452 e. The van der Waals surface area contributed by atoms with E-state index in [2.05, 4.69) is 15.6 Å². The first-order chi connectivity index (χ1) is 14.1. The number of nitrogens with one attached hydrogen (secondary N) is 2. The second-order valence-corrected chi connectivity index (χ2v) is 7.72. The monoisotopic (exact) mass is 395 g/mol. The lowest BCUT2D eigenvalue weighted by atomic mass is 9.96. The normalized spacial score (nSPS) is 16.3. The van der Waals surface area contributed by atoms with Crippen LogP contribution in [-0.4, -0.2) is 35.5 Å². The summed E-state index contributed by atoms with van der Waals surface area (Å²) in [6.07, 6.45) is 7.76. The summed E-state index contributed by atoms with van der Waals surface area (Å²) in [4.78, 5) is 41.5. The number of carbonyl (C=O) groups is 3. The van der Waals surface area contributed by atoms with Gasteiger partial charge in [-0.2, -0.15) is 0 Å². The van der Waals surface area contributed by atoms with Gasteiger partial charge in [-0.15, -0.1) is 0 Å². The number of imide groups is 1. The summed E-state index contributed by atoms with van der Waals surface area (Å²) < 4.78 is 5.26. The number of aromatic nitrogens is 1. The fourth-order valence-electron chi connectivity index (χ4n) is 4.28. The summed E-state index contributed by atoms with van der Waals surface area (Å²) in [5.74, 6) is -1.19. The van der Waals surface area contributed by atoms with E-state index < -0.39 is 24.5 Å². The number of nitrogens with zero attached hydrogens (tertiary/aromatic N) is 1. The molecule has 1 heterocycles. The van der Waals surface area contributed by atoms with Crippen molar-refractivity contribution >= 4 is 28.8 Å². The second-order valence-electron chi connectivity index (χ2n) is 7.72. The summed E-state index contributed by atoms with van der Waals surface area (Å²) in [7, 11) is 0. The molecule has 1 aromatic carbocycles. The molecule has 0 aliphatic heterocycles. The fourth-order valence-corrected chi connectivity index (χ4v) is 4.28. The van der Waals surface area contributed by atoms with E-state index in [-0.39, 0.29) is 6.04 Å². The molecule has 29 heavy (non-hydrogen) atoms. The van der Waals surface area contributed by atoms with Crippen molar-refractivity contribution in [2.45, 2.75) is 57.4 Å². The number of rotatable bonds is 4. The Morgan fingerprint density at radius 3 is 2.66 bits per heavy atom. The maximum absolute atomic E-state index is 12.8. The van der Waals surface area contributed by atoms with Gasteiger partial charge < -0.3 is 10.1 Å². The van der Waals surface area contributed by atoms with Crippen LogP contribution < -0.4 is 10.6 Å². The predicted molar refractivity (Wildman–Crippen MR) is 108 cm³/mol. The third kappa shape index (κ3) is 4.39. The Labute approximate surface area is 169 Å². The molecule has 2 N–H and O–H groups in total. The van der Waals surface area contributed by atoms with Gasteiger partial charge in [-0.1, -0.05) is 37.5 Å². The summed E-state index contributed by atoms with van der Waals surface area (Å²) in [6, 6.07) is 7.01. The number of benzene rings is 1. The van der Waals surface area contributed by atoms with Crippen molar-refractivity contribution in [2.75, 3.05) is 6.61 Å². The minimum absolute atomic E-state index is 0.102. The number of esters is 1. The number of amides is 3. The van der Waals surface area contributed by atoms with Crippen LogP contribution in [0.2, 0.25) is 0 Å². The fraction of sp³-hybridized carbons (Fsp3) is 0.455. The van der Waals surface area contributed by atoms with Crippen LogP contribution in [0.25, 0.3) is 10.9 Å². The molecule has 0 radical (unpaired) electrons. The standard InChI is InChI=1S/C22H25N3O4/c26-19(25-22(28)23-14-7-2-1-3-8-14)13-29-21(27)20-15-9-4-5-11-17(15)24-18-12-6-10-16(18)20/h4-5,9,11,14H,1-3,6-8,10,12-13H2,(H2,23,25,26,28). The highest BCUT2D eigenvalue weighted by Crippen LogP contribution is 2.30. The lowest BCUT2D eigenvalue weighted by Gasteiger charge is -2.22. The zero-order valence-corrected chi connectivity index (χ0v) is 16.3. The molecule has 3 amide bonds. The number of pyridine rings is 1. The smallest absolute Gasteiger partial charge is 0.339 e. The van der Waals surface area contributed by atoms with E-state index in [1.165, 1.54) is 6.42 Å². The Morgan fingerprint density at radius 2 is 1.83 bits per heavy atom. The maximum Gasteiger partial charge on any atom is 0.339 e. The van der Waals surface area contributed by atoms with Gasteiger partial charge in [0.15, 0.2) is 6.61 Å². The Morgan fingerprint density at radius 1 is 1.03 bits per heavy atom. The van der Waals surface area contributed by atoms with Crippen LogP contribution >= 0.6 is 0 Å². The second kappa shape index (κ2) is 8.59. The van der Waals surface area contributed by atoms with E-state index in [9.17, 15) is 14.4 Å². The zero-order chi connectivity index (χ0) is 20.2. The Kier molecular flexibility index (Phi) is 5.74. The average molecular weight is 395 g/mol. The van der Waals surface area contributed by atoms with Gasteiger partial charge in [0.25, 0.3) is 5.91 Å². The summed E-state index contributed by atoms with van der Waals surface area (Å²) in [5.41, 5.74) is 3.06. The number of fused-ring (bicyclic) bond motifs is 2. The maximum atomic E-state index is 12.8. The molecule has 7 heteroatoms. The topological polar surface area (TPSA) is 97.4 Å². The molecular formula is C22H25N3O4. The number of ether oxygens (including phenoxy) is 1. The molecule has 0 saturated heterocycles. The minimum atomic E-state index is -0.637. The summed E-state index contributed by atoms with van der Waals surface area (Å²) in [5, 5.41) is 5.78. The van der Waals surface area contributed by atoms with E-state index in [1.807, 2.05) is 24.3 Å². The molecule has 2 aliphatic rings. The van der Waals surface area contributed by atoms with Crippen molar-refractivity contribution in [3.63, 3.8) is 0 Å². The quantitative estimate of drug-likeness (QED) is 0.776. The van der Waals surface area contributed by atoms with Crippen molar-refractivity contribution in [3.05, 3.63) is 41.1 Å². The molecule has 1 aromatic heterocycles. The van der Waals surface area contributed by atoms with Crippen LogP contribution in [-0.2, 0) is 22.4 Å². The Bertz CT molecular complexity index is 950. The lowest BCUT2D eigenvalue weighted by Crippen LogP contribution is -2.46. The number of aryl methyl sites for hydroxylation is 1. The minimum Gasteiger partial charge on any atom is -0.452 e. The van der Waals surface area contributed by atoms with Crippen LogP contribution in [0.3, 0.4) is 0 Å². The molecule has 2 aliphatic carbocycles. The molecule has 0 atom stereocenters. The van der Waals surface area contributed by atoms with Gasteiger partial charge in [-0.25, -0.2) is 9.59 Å². The molecule has 1 saturated carbocycles. The van der Waals surface area contributed by atoms with Gasteiger partial charge in [0, 0.05) is 17.1 Å². The number of carbonyl (C=O) groups excluding carboxylic acids is 3. The van der Waals surface area contributed by atoms with Crippen LogP contribution in [0.5, 0.6) is 0 Å². The molecule has 0 unspecified atom stereocenters. The lowest BCUT2D eigenvalue weighted by molar-refractivity contribution is -0.123. The van der Waals surface area contributed by atoms with Crippen molar-refractivity contribution in [1.82, 2.24) is 15.6 Å². The Balaban J connectivity index is 1.39. The van der Waals surface area contributed by atoms with Crippen molar-refractivity contribution in [1.29, 1.82) is 0 Å². The van der Waals surface area contributed by atoms with Crippen LogP contribution in [0.15, 0.2) is 24.3 Å². The highest BCUT2D eigenvalue weighted by atomic mass is 16.5. The molecule has 0 spiro atoms. The highest BCUT2D eigenvalue weighted by molar-refractivity contribution is 6.06. The summed E-state index contributed by atoms with van der Waals surface area (Å²) >= 11 is 0. The molecule has 7 nitrogen and oxygen atoms in total. The van der Waals surface area contributed by atoms with E-state index in [4.69, 9.17) is 4.74 Å². The third-order valence-electron chi connectivity index (χ3n) is 5.65. The SMILES string of the molecule is O=C(COC(=O)c1c2c(nc3ccccc13)CCC2)NC(=O)NC1CCCCC1. The number of hydrogen-bond donors (Lipinski definition) is 2. The summed E-state index contributed by atoms with van der Waals surface area (Å²) in [6.45, 7) is -0.498. The first kappa shape index (κ1) is 19.4. The molecule has 0 bridgehead atoms. The molecule has 1 fully saturated rings. The third-order valence-corrected chi connectivity index (χ3v) is 5.65. The van der Waals surface area contributed by atoms with Gasteiger partial charge in [0.1, 0.15) is 0 Å². The first-order valence-corrected chi connectivity index (χ1v) is 10.3. The van der Waals surface area contributed by atoms with Crippen molar-refractivity contribution < 1.29 is 19.1 Å². The van der Waals surface area contributed by atoms with Crippen LogP contribution in [0.4, 0.5) is 4.79 Å². The van der Waals surface area contributed by atoms with Gasteiger partial charge in [0.05, 0.1) is 11.1 Å². The molecule has 4 rings (SSSR count). The van der Waals surface area contributed by atoms with Gasteiger partial charge in [-0.05, 0) is 43.7 Å². The van der Waals surface area contributed by atoms with E-state index in [1.54, 1.807) is 0 Å². The molecular weight excluding hydrogens is 370 g/mol. The average Bonchev–Trinajstić information content (AvgIpc) is 3.18. The highest BCUT2D eigenvalue weighted by Gasteiger charge is 2.25. The number of hydrogen-bond acceptors (Lipinski definition) is 5. The zero-order valence-electron chi connectivity index (χ0n) is 16.3. The van der Waals surface area contributed by atoms with Gasteiger partial charge in [-0.3, -0.25) is 15.1 Å². The molecule has 2 aromatic rings. The number of urea groups is 1. The molecule has 152 valence electrons. The van der Waals surface area contributed by atoms with E-state index >= 15 is 0 Å². The van der Waals surface area contributed by atoms with Crippen molar-refractivity contribution in [2.24, 2.45) is 0 Å². The van der Waals surface area contributed by atoms with Crippen molar-refractivity contribution in [3.8, 4) is 0 Å². The first-order valence-electron chi connectivity index (χ1n) is 10.3. The predicted octanol–water partition coefficient (Wildman–Crippen LogP) is 3.04. The van der Waals surface area contributed by atoms with Crippen LogP contribution in [0.1, 0.15) is 60.1 Å². The van der Waals surface area contributed by atoms with E-state index in [0.717, 1.165) is 67.1 Å². The number of para-hydroxylation sites is 1. The van der Waals surface area contributed by atoms with E-state index in [0.29, 0.717) is 5.56 Å². The Hall–Kier alpha value is -2.96. The van der Waals surface area contributed by atoms with Gasteiger partial charge >= 0.3 is 12.0 Å².